The van der Waals surface area contributed by atoms with Crippen LogP contribution in [0.3, 0.4) is 0 Å². The van der Waals surface area contributed by atoms with E-state index in [1.807, 2.05) is 0 Å². The van der Waals surface area contributed by atoms with E-state index in [9.17, 15) is 23.1 Å². The molecule has 1 unspecified atom stereocenters. The number of nitrogen functional groups attached to an aromatic ring is 1. The molecule has 0 saturated carbocycles. The van der Waals surface area contributed by atoms with Crippen LogP contribution in [0.1, 0.15) is 17.2 Å². The number of benzene rings is 2. The van der Waals surface area contributed by atoms with Gasteiger partial charge in [-0.05, 0) is 30.7 Å². The number of aliphatic hydroxyl groups excluding tert-OH is 1. The first kappa shape index (κ1) is 20.4. The van der Waals surface area contributed by atoms with Crippen LogP contribution in [0.4, 0.5) is 30.6 Å². The van der Waals surface area contributed by atoms with Crippen molar-refractivity contribution in [2.45, 2.75) is 19.2 Å². The maximum Gasteiger partial charge on any atom is 0.418 e. The zero-order chi connectivity index (χ0) is 22.3. The van der Waals surface area contributed by atoms with Crippen molar-refractivity contribution in [1.29, 1.82) is 0 Å². The summed E-state index contributed by atoms with van der Waals surface area (Å²) in [5.74, 6) is -0.516. The molecule has 0 bridgehead atoms. The van der Waals surface area contributed by atoms with Gasteiger partial charge >= 0.3 is 11.9 Å². The topological polar surface area (TPSA) is 130 Å². The first-order valence-corrected chi connectivity index (χ1v) is 9.01. The van der Waals surface area contributed by atoms with Crippen molar-refractivity contribution in [3.05, 3.63) is 64.1 Å². The summed E-state index contributed by atoms with van der Waals surface area (Å²) in [5.41, 5.74) is 7.45. The van der Waals surface area contributed by atoms with Gasteiger partial charge in [-0.15, -0.1) is 0 Å². The van der Waals surface area contributed by atoms with Gasteiger partial charge < -0.3 is 20.6 Å². The number of alkyl halides is 3. The van der Waals surface area contributed by atoms with Crippen molar-refractivity contribution in [3.63, 3.8) is 0 Å². The third kappa shape index (κ3) is 3.94. The van der Waals surface area contributed by atoms with E-state index in [2.05, 4.69) is 20.3 Å². The normalized spacial score (nSPS) is 12.8. The molecule has 0 aliphatic carbocycles. The molecule has 2 aromatic carbocycles. The van der Waals surface area contributed by atoms with E-state index >= 15 is 0 Å². The summed E-state index contributed by atoms with van der Waals surface area (Å²) >= 11 is 0. The Balaban J connectivity index is 1.79. The average molecular weight is 431 g/mol. The maximum atomic E-state index is 13.2. The number of hydrogen-bond donors (Lipinski definition) is 4. The second-order valence-corrected chi connectivity index (χ2v) is 6.79. The summed E-state index contributed by atoms with van der Waals surface area (Å²) in [6.45, 7) is 1.62. The van der Waals surface area contributed by atoms with Crippen LogP contribution in [-0.2, 0) is 0 Å². The molecule has 0 radical (unpaired) electrons. The van der Waals surface area contributed by atoms with Gasteiger partial charge in [-0.3, -0.25) is 4.98 Å². The molecule has 0 saturated heterocycles. The van der Waals surface area contributed by atoms with Gasteiger partial charge in [-0.2, -0.15) is 18.2 Å². The molecular formula is C20H16F3N5O3. The van der Waals surface area contributed by atoms with Crippen LogP contribution in [0.25, 0.3) is 22.4 Å². The molecule has 2 heterocycles. The quantitative estimate of drug-likeness (QED) is 0.387. The number of anilines is 3. The second-order valence-electron chi connectivity index (χ2n) is 6.79. The molecule has 0 fully saturated rings. The summed E-state index contributed by atoms with van der Waals surface area (Å²) in [4.78, 5) is 22.1. The lowest BCUT2D eigenvalue weighted by atomic mass is 9.97. The Morgan fingerprint density at radius 2 is 1.94 bits per heavy atom. The van der Waals surface area contributed by atoms with Crippen LogP contribution in [-0.4, -0.2) is 26.2 Å². The van der Waals surface area contributed by atoms with Gasteiger partial charge in [-0.25, -0.2) is 9.78 Å². The molecule has 4 aromatic rings. The Bertz CT molecular complexity index is 1330. The van der Waals surface area contributed by atoms with Crippen molar-refractivity contribution >= 4 is 28.6 Å². The number of nitrogens with two attached hydrogens (primary N) is 1. The van der Waals surface area contributed by atoms with Gasteiger partial charge in [0.15, 0.2) is 11.7 Å². The summed E-state index contributed by atoms with van der Waals surface area (Å²) in [6, 6.07) is 10.4. The van der Waals surface area contributed by atoms with Crippen LogP contribution in [0.5, 0.6) is 0 Å². The van der Waals surface area contributed by atoms with E-state index < -0.39 is 18.0 Å². The zero-order valence-electron chi connectivity index (χ0n) is 16.0. The standard InChI is InChI=1S/C20H16F3N5O3/c1-9-15(11-4-2-3-5-12(11)16(29)20(21,22)23)27-18(24)28-17(9)25-10-6-7-14-13(8-10)26-19(30)31-14/h2-8,16,29H,1H3,(H,26,30)(H3,24,25,27,28). The predicted octanol–water partition coefficient (Wildman–Crippen LogP) is 3.81. The number of nitrogens with zero attached hydrogens (tertiary/aromatic N) is 2. The zero-order valence-corrected chi connectivity index (χ0v) is 16.0. The third-order valence-electron chi connectivity index (χ3n) is 4.67. The summed E-state index contributed by atoms with van der Waals surface area (Å²) in [5, 5.41) is 12.8. The Morgan fingerprint density at radius 1 is 1.19 bits per heavy atom. The molecule has 0 aliphatic rings. The van der Waals surface area contributed by atoms with Crippen molar-refractivity contribution in [3.8, 4) is 11.3 Å². The minimum absolute atomic E-state index is 0.0802. The Labute approximate surface area is 172 Å². The number of halogens is 3. The van der Waals surface area contributed by atoms with Gasteiger partial charge in [0.2, 0.25) is 5.95 Å². The Hall–Kier alpha value is -3.86. The number of hydrogen-bond acceptors (Lipinski definition) is 7. The first-order valence-electron chi connectivity index (χ1n) is 9.01. The van der Waals surface area contributed by atoms with Crippen molar-refractivity contribution < 1.29 is 22.7 Å². The fourth-order valence-corrected chi connectivity index (χ4v) is 3.21. The smallest absolute Gasteiger partial charge is 0.408 e. The van der Waals surface area contributed by atoms with Crippen molar-refractivity contribution in [1.82, 2.24) is 15.0 Å². The number of oxazole rings is 1. The van der Waals surface area contributed by atoms with Crippen molar-refractivity contribution in [2.75, 3.05) is 11.1 Å². The van der Waals surface area contributed by atoms with Crippen LogP contribution < -0.4 is 16.8 Å². The summed E-state index contributed by atoms with van der Waals surface area (Å²) < 4.78 is 44.4. The number of aliphatic hydroxyl groups is 1. The lowest BCUT2D eigenvalue weighted by Crippen LogP contribution is -2.21. The van der Waals surface area contributed by atoms with E-state index in [1.54, 1.807) is 25.1 Å². The lowest BCUT2D eigenvalue weighted by Gasteiger charge is -2.20. The van der Waals surface area contributed by atoms with Crippen molar-refractivity contribution in [2.24, 2.45) is 0 Å². The second kappa shape index (κ2) is 7.43. The number of H-pyrrole nitrogens is 1. The molecule has 2 aromatic heterocycles. The molecule has 8 nitrogen and oxygen atoms in total. The van der Waals surface area contributed by atoms with E-state index in [1.165, 1.54) is 24.3 Å². The highest BCUT2D eigenvalue weighted by molar-refractivity contribution is 5.80. The molecule has 4 rings (SSSR count). The minimum Gasteiger partial charge on any atom is -0.408 e. The number of nitrogens with one attached hydrogen (secondary N) is 2. The SMILES string of the molecule is Cc1c(Nc2ccc3oc(=O)[nH]c3c2)nc(N)nc1-c1ccccc1C(O)C(F)(F)F. The van der Waals surface area contributed by atoms with E-state index in [-0.39, 0.29) is 28.6 Å². The maximum absolute atomic E-state index is 13.2. The summed E-state index contributed by atoms with van der Waals surface area (Å²) in [7, 11) is 0. The Morgan fingerprint density at radius 3 is 2.68 bits per heavy atom. The molecule has 31 heavy (non-hydrogen) atoms. The van der Waals surface area contributed by atoms with E-state index in [0.29, 0.717) is 22.4 Å². The van der Waals surface area contributed by atoms with Gasteiger partial charge in [-0.1, -0.05) is 24.3 Å². The molecule has 11 heteroatoms. The van der Waals surface area contributed by atoms with Gasteiger partial charge in [0.25, 0.3) is 0 Å². The van der Waals surface area contributed by atoms with Crippen LogP contribution in [0.15, 0.2) is 51.7 Å². The predicted molar refractivity (Wildman–Crippen MR) is 108 cm³/mol. The van der Waals surface area contributed by atoms with Crippen LogP contribution >= 0.6 is 0 Å². The fraction of sp³-hybridized carbons (Fsp3) is 0.150. The Kier molecular flexibility index (Phi) is 4.90. The van der Waals surface area contributed by atoms with Gasteiger partial charge in [0.05, 0.1) is 11.2 Å². The molecular weight excluding hydrogens is 415 g/mol. The first-order chi connectivity index (χ1) is 14.6. The summed E-state index contributed by atoms with van der Waals surface area (Å²) in [6.07, 6.45) is -7.53. The monoisotopic (exact) mass is 431 g/mol. The average Bonchev–Trinajstić information content (AvgIpc) is 3.08. The molecule has 160 valence electrons. The number of aromatic nitrogens is 3. The highest BCUT2D eigenvalue weighted by atomic mass is 19.4. The molecule has 0 amide bonds. The largest absolute Gasteiger partial charge is 0.418 e. The lowest BCUT2D eigenvalue weighted by molar-refractivity contribution is -0.206. The number of rotatable bonds is 4. The van der Waals surface area contributed by atoms with Gasteiger partial charge in [0.1, 0.15) is 5.82 Å². The minimum atomic E-state index is -4.85. The number of aromatic amines is 1. The van der Waals surface area contributed by atoms with Gasteiger partial charge in [0, 0.05) is 16.8 Å². The molecule has 5 N–H and O–H groups in total. The molecule has 1 atom stereocenters. The van der Waals surface area contributed by atoms with Crippen LogP contribution in [0, 0.1) is 6.92 Å². The molecule has 0 aliphatic heterocycles. The highest BCUT2D eigenvalue weighted by Gasteiger charge is 2.40. The third-order valence-corrected chi connectivity index (χ3v) is 4.67. The fourth-order valence-electron chi connectivity index (χ4n) is 3.21. The highest BCUT2D eigenvalue weighted by Crippen LogP contribution is 2.39. The molecule has 0 spiro atoms. The van der Waals surface area contributed by atoms with Crippen LogP contribution in [0.2, 0.25) is 0 Å². The number of fused-ring (bicyclic) bond motifs is 1. The van der Waals surface area contributed by atoms with E-state index in [4.69, 9.17) is 10.2 Å². The van der Waals surface area contributed by atoms with E-state index in [0.717, 1.165) is 0 Å².